The third kappa shape index (κ3) is 11.0. The number of esters is 1. The second kappa shape index (κ2) is 18.2. The zero-order chi connectivity index (χ0) is 36.0. The largest absolute Gasteiger partial charge is 0.495 e. The maximum Gasteiger partial charge on any atom is 0.312 e. The number of carbonyl (C=O) groups is 2. The summed E-state index contributed by atoms with van der Waals surface area (Å²) in [6.07, 6.45) is 3.48. The predicted molar refractivity (Wildman–Crippen MR) is 172 cm³/mol. The van der Waals surface area contributed by atoms with Gasteiger partial charge in [-0.25, -0.2) is 15.0 Å². The molecule has 0 saturated carbocycles. The molecule has 0 spiro atoms. The average molecular weight is 720 g/mol. The number of halogens is 1. The second-order valence-electron chi connectivity index (χ2n) is 10.7. The summed E-state index contributed by atoms with van der Waals surface area (Å²) < 4.78 is 16.3. The van der Waals surface area contributed by atoms with Crippen LogP contribution in [0, 0.1) is 26.1 Å². The summed E-state index contributed by atoms with van der Waals surface area (Å²) in [5, 5.41) is 25.2. The Hall–Kier alpha value is -5.63. The molecule has 3 aromatic rings. The molecule has 1 aliphatic heterocycles. The Bertz CT molecular complexity index is 1640. The van der Waals surface area contributed by atoms with E-state index in [0.29, 0.717) is 36.0 Å². The van der Waals surface area contributed by atoms with Crippen molar-refractivity contribution in [3.63, 3.8) is 0 Å². The third-order valence-corrected chi connectivity index (χ3v) is 7.40. The molecule has 1 saturated heterocycles. The van der Waals surface area contributed by atoms with E-state index in [9.17, 15) is 29.8 Å². The molecular weight excluding hydrogens is 686 g/mol. The van der Waals surface area contributed by atoms with Gasteiger partial charge in [0.25, 0.3) is 16.1 Å². The third-order valence-electron chi connectivity index (χ3n) is 7.10. The first kappa shape index (κ1) is 37.2. The number of ether oxygens (including phenoxy) is 3. The van der Waals surface area contributed by atoms with Crippen molar-refractivity contribution in [2.75, 3.05) is 43.7 Å². The molecule has 0 bridgehead atoms. The maximum absolute atomic E-state index is 13.3. The van der Waals surface area contributed by atoms with E-state index in [0.717, 1.165) is 5.56 Å². The number of hydrogen-bond acceptors (Lipinski definition) is 17. The van der Waals surface area contributed by atoms with Crippen molar-refractivity contribution in [3.05, 3.63) is 85.1 Å². The minimum absolute atomic E-state index is 0.0665. The lowest BCUT2D eigenvalue weighted by atomic mass is 10.2. The Balaban J connectivity index is 1.44. The second-order valence-corrected chi connectivity index (χ2v) is 11.1. The summed E-state index contributed by atoms with van der Waals surface area (Å²) in [7, 11) is 1.51. The quantitative estimate of drug-likeness (QED) is 0.103. The first-order chi connectivity index (χ1) is 24.0. The van der Waals surface area contributed by atoms with Gasteiger partial charge in [0.15, 0.2) is 12.3 Å². The van der Waals surface area contributed by atoms with Gasteiger partial charge >= 0.3 is 5.97 Å². The lowest BCUT2D eigenvalue weighted by molar-refractivity contribution is -0.790. The maximum atomic E-state index is 13.3. The summed E-state index contributed by atoms with van der Waals surface area (Å²) in [6.45, 7) is 0.864. The monoisotopic (exact) mass is 719 g/mol. The van der Waals surface area contributed by atoms with Gasteiger partial charge in [-0.2, -0.15) is 4.98 Å². The van der Waals surface area contributed by atoms with Crippen molar-refractivity contribution < 1.29 is 43.6 Å². The first-order valence-corrected chi connectivity index (χ1v) is 15.5. The SMILES string of the molecule is COc1ccc(CNc2nc(N3CCC[C@@H]3OC(=O)C(C)COC[C@@H](CO[N+](=O)[O-])O[N+](=O)[O-])ncc2C(=O)NCc2ncccn2)cc1Cl. The van der Waals surface area contributed by atoms with Crippen LogP contribution in [-0.4, -0.2) is 87.8 Å². The summed E-state index contributed by atoms with van der Waals surface area (Å²) in [5.41, 5.74) is 0.927. The molecule has 20 nitrogen and oxygen atoms in total. The zero-order valence-corrected chi connectivity index (χ0v) is 27.7. The molecule has 268 valence electrons. The molecule has 1 unspecified atom stereocenters. The Morgan fingerprint density at radius 2 is 1.88 bits per heavy atom. The minimum atomic E-state index is -1.39. The number of nitrogens with zero attached hydrogens (tertiary/aromatic N) is 7. The Labute approximate surface area is 289 Å². The van der Waals surface area contributed by atoms with Gasteiger partial charge in [-0.05, 0) is 37.1 Å². The molecule has 21 heteroatoms. The van der Waals surface area contributed by atoms with E-state index < -0.39 is 53.5 Å². The van der Waals surface area contributed by atoms with E-state index in [2.05, 4.69) is 40.2 Å². The van der Waals surface area contributed by atoms with Crippen LogP contribution in [0.25, 0.3) is 0 Å². The van der Waals surface area contributed by atoms with Crippen molar-refractivity contribution in [2.45, 2.75) is 45.2 Å². The van der Waals surface area contributed by atoms with Gasteiger partial charge in [0, 0.05) is 38.1 Å². The highest BCUT2D eigenvalue weighted by atomic mass is 35.5. The standard InChI is InChI=1S/C29H34ClN9O11/c1-18(15-47-16-20(50-39(44)45)17-48-38(42)43)28(41)49-25-5-3-10-37(25)29-35-13-21(27(40)34-14-24-31-8-4-9-32-24)26(36-29)33-12-19-6-7-23(46-2)22(30)11-19/h4,6-9,11,13,18,20,25H,3,5,10,12,14-17H2,1-2H3,(H,34,40)(H,33,35,36)/t18?,20-,25-/m0/s1. The summed E-state index contributed by atoms with van der Waals surface area (Å²) in [4.78, 5) is 74.7. The molecule has 2 aromatic heterocycles. The summed E-state index contributed by atoms with van der Waals surface area (Å²) in [6, 6.07) is 6.91. The molecule has 0 radical (unpaired) electrons. The van der Waals surface area contributed by atoms with Crippen molar-refractivity contribution in [3.8, 4) is 5.75 Å². The molecule has 3 atom stereocenters. The molecule has 2 N–H and O–H groups in total. The van der Waals surface area contributed by atoms with Gasteiger partial charge in [0.2, 0.25) is 5.95 Å². The van der Waals surface area contributed by atoms with E-state index in [4.69, 9.17) is 25.8 Å². The highest BCUT2D eigenvalue weighted by Gasteiger charge is 2.32. The highest BCUT2D eigenvalue weighted by Crippen LogP contribution is 2.28. The van der Waals surface area contributed by atoms with E-state index in [1.165, 1.54) is 20.2 Å². The number of aromatic nitrogens is 4. The van der Waals surface area contributed by atoms with Gasteiger partial charge in [-0.3, -0.25) is 9.59 Å². The fraction of sp³-hybridized carbons (Fsp3) is 0.448. The Morgan fingerprint density at radius 3 is 2.58 bits per heavy atom. The minimum Gasteiger partial charge on any atom is -0.495 e. The first-order valence-electron chi connectivity index (χ1n) is 15.1. The molecule has 1 aromatic carbocycles. The number of anilines is 2. The van der Waals surface area contributed by atoms with Gasteiger partial charge in [0.05, 0.1) is 37.8 Å². The van der Waals surface area contributed by atoms with E-state index in [1.54, 1.807) is 35.5 Å². The summed E-state index contributed by atoms with van der Waals surface area (Å²) in [5.74, 6) is -0.603. The molecule has 1 aliphatic rings. The number of nitrogens with one attached hydrogen (secondary N) is 2. The lowest BCUT2D eigenvalue weighted by Crippen LogP contribution is -2.37. The van der Waals surface area contributed by atoms with Crippen molar-refractivity contribution in [2.24, 2.45) is 5.92 Å². The van der Waals surface area contributed by atoms with Crippen LogP contribution in [0.4, 0.5) is 11.8 Å². The Morgan fingerprint density at radius 1 is 1.10 bits per heavy atom. The zero-order valence-electron chi connectivity index (χ0n) is 26.9. The van der Waals surface area contributed by atoms with E-state index in [-0.39, 0.29) is 37.0 Å². The predicted octanol–water partition coefficient (Wildman–Crippen LogP) is 2.38. The molecule has 3 heterocycles. The normalized spacial score (nSPS) is 15.0. The topological polar surface area (TPSA) is 245 Å². The number of rotatable bonds is 19. The lowest BCUT2D eigenvalue weighted by Gasteiger charge is -2.26. The van der Waals surface area contributed by atoms with Crippen molar-refractivity contribution in [1.82, 2.24) is 25.3 Å². The van der Waals surface area contributed by atoms with Gasteiger partial charge in [-0.15, -0.1) is 20.2 Å². The summed E-state index contributed by atoms with van der Waals surface area (Å²) >= 11 is 6.30. The van der Waals surface area contributed by atoms with E-state index >= 15 is 0 Å². The number of hydrogen-bond donors (Lipinski definition) is 2. The highest BCUT2D eigenvalue weighted by molar-refractivity contribution is 6.32. The number of carbonyl (C=O) groups excluding carboxylic acids is 2. The van der Waals surface area contributed by atoms with Crippen molar-refractivity contribution in [1.29, 1.82) is 0 Å². The molecule has 50 heavy (non-hydrogen) atoms. The molecule has 4 rings (SSSR count). The van der Waals surface area contributed by atoms with Gasteiger partial charge in [-0.1, -0.05) is 17.7 Å². The van der Waals surface area contributed by atoms with Gasteiger partial charge < -0.3 is 39.4 Å². The Kier molecular flexibility index (Phi) is 13.6. The molecule has 0 aliphatic carbocycles. The fourth-order valence-electron chi connectivity index (χ4n) is 4.65. The van der Waals surface area contributed by atoms with Gasteiger partial charge in [0.1, 0.15) is 29.6 Å². The van der Waals surface area contributed by atoms with Crippen LogP contribution in [0.15, 0.2) is 42.9 Å². The van der Waals surface area contributed by atoms with Crippen LogP contribution in [0.1, 0.15) is 41.5 Å². The van der Waals surface area contributed by atoms with Crippen LogP contribution in [0.3, 0.4) is 0 Å². The average Bonchev–Trinajstić information content (AvgIpc) is 3.56. The number of amides is 1. The van der Waals surface area contributed by atoms with E-state index in [1.807, 2.05) is 6.07 Å². The van der Waals surface area contributed by atoms with Crippen LogP contribution in [0.5, 0.6) is 5.75 Å². The molecule has 1 fully saturated rings. The van der Waals surface area contributed by atoms with Crippen LogP contribution >= 0.6 is 11.6 Å². The van der Waals surface area contributed by atoms with Crippen LogP contribution in [0.2, 0.25) is 5.02 Å². The van der Waals surface area contributed by atoms with Crippen LogP contribution < -0.4 is 20.3 Å². The number of methoxy groups -OCH3 is 1. The van der Waals surface area contributed by atoms with Crippen molar-refractivity contribution >= 4 is 35.2 Å². The smallest absolute Gasteiger partial charge is 0.312 e. The molecular formula is C29H34ClN9O11. The fourth-order valence-corrected chi connectivity index (χ4v) is 4.93. The number of benzene rings is 1. The van der Waals surface area contributed by atoms with Crippen LogP contribution in [-0.2, 0) is 37.0 Å². The molecule has 1 amide bonds.